The molecule has 8 rings (SSSR count). The molecule has 4 aliphatic carbocycles. The average molecular weight is 1060 g/mol. The van der Waals surface area contributed by atoms with Gasteiger partial charge in [-0.05, 0) is 86.4 Å². The second-order valence-electron chi connectivity index (χ2n) is 23.2. The van der Waals surface area contributed by atoms with E-state index in [0.717, 1.165) is 12.8 Å². The Morgan fingerprint density at radius 2 is 1.22 bits per heavy atom. The Morgan fingerprint density at radius 1 is 0.649 bits per heavy atom. The van der Waals surface area contributed by atoms with Crippen LogP contribution in [-0.4, -0.2) is 233 Å². The van der Waals surface area contributed by atoms with Gasteiger partial charge in [0.05, 0.1) is 38.6 Å². The van der Waals surface area contributed by atoms with Crippen LogP contribution < -0.4 is 0 Å². The molecule has 3 saturated carbocycles. The Morgan fingerprint density at radius 3 is 1.85 bits per heavy atom. The smallest absolute Gasteiger partial charge is 0.187 e. The van der Waals surface area contributed by atoms with Crippen molar-refractivity contribution >= 4 is 11.6 Å². The van der Waals surface area contributed by atoms with Crippen LogP contribution in [0.15, 0.2) is 11.6 Å². The van der Waals surface area contributed by atoms with Gasteiger partial charge in [-0.25, -0.2) is 0 Å². The molecule has 424 valence electrons. The molecule has 0 bridgehead atoms. The number of carbonyl (C=O) groups is 2. The van der Waals surface area contributed by atoms with Crippen LogP contribution in [0.4, 0.5) is 0 Å². The maximum absolute atomic E-state index is 14.1. The van der Waals surface area contributed by atoms with E-state index >= 15 is 0 Å². The van der Waals surface area contributed by atoms with Gasteiger partial charge in [-0.3, -0.25) is 9.59 Å². The van der Waals surface area contributed by atoms with E-state index in [1.54, 1.807) is 0 Å². The number of rotatable bonds is 17. The largest absolute Gasteiger partial charge is 0.394 e. The van der Waals surface area contributed by atoms with E-state index in [1.807, 2.05) is 13.8 Å². The molecule has 0 aromatic heterocycles. The highest BCUT2D eigenvalue weighted by Crippen LogP contribution is 2.66. The number of Topliss-reactive ketones (excluding diaryl/α,β-unsaturated/α-hetero) is 2. The zero-order valence-electron chi connectivity index (χ0n) is 42.8. The summed E-state index contributed by atoms with van der Waals surface area (Å²) in [5.74, 6) is -0.523. The molecular weight excluding hydrogens is 981 g/mol. The highest BCUT2D eigenvalue weighted by atomic mass is 16.8. The molecule has 4 aliphatic heterocycles. The summed E-state index contributed by atoms with van der Waals surface area (Å²) in [6.07, 6.45) is -24.0. The number of aliphatic hydroxyl groups excluding tert-OH is 13. The fraction of sp³-hybridized carbons (Fsp3) is 0.922. The number of hydrogen-bond donors (Lipinski definition) is 13. The first kappa shape index (κ1) is 58.4. The summed E-state index contributed by atoms with van der Waals surface area (Å²) in [6, 6.07) is 0. The van der Waals surface area contributed by atoms with Gasteiger partial charge >= 0.3 is 0 Å². The van der Waals surface area contributed by atoms with Crippen molar-refractivity contribution < 1.29 is 114 Å². The van der Waals surface area contributed by atoms with Crippen molar-refractivity contribution in [1.29, 1.82) is 0 Å². The van der Waals surface area contributed by atoms with Crippen LogP contribution in [0.3, 0.4) is 0 Å². The summed E-state index contributed by atoms with van der Waals surface area (Å²) in [5.41, 5.74) is 0.520. The summed E-state index contributed by atoms with van der Waals surface area (Å²) >= 11 is 0. The van der Waals surface area contributed by atoms with Crippen molar-refractivity contribution in [3.8, 4) is 0 Å². The molecule has 23 nitrogen and oxygen atoms in total. The van der Waals surface area contributed by atoms with E-state index in [2.05, 4.69) is 19.9 Å². The predicted octanol–water partition coefficient (Wildman–Crippen LogP) is -2.96. The third kappa shape index (κ3) is 11.0. The topological polar surface area (TPSA) is 371 Å². The molecule has 0 amide bonds. The molecule has 29 atom stereocenters. The van der Waals surface area contributed by atoms with E-state index in [0.29, 0.717) is 38.5 Å². The fourth-order valence-electron chi connectivity index (χ4n) is 14.0. The fourth-order valence-corrected chi connectivity index (χ4v) is 14.0. The Balaban J connectivity index is 0.919. The van der Waals surface area contributed by atoms with E-state index in [4.69, 9.17) is 37.9 Å². The van der Waals surface area contributed by atoms with Crippen molar-refractivity contribution in [2.24, 2.45) is 46.3 Å². The molecule has 0 radical (unpaired) electrons. The van der Waals surface area contributed by atoms with Gasteiger partial charge in [0.2, 0.25) is 0 Å². The number of allylic oxidation sites excluding steroid dienone is 1. The first-order valence-electron chi connectivity index (χ1n) is 26.6. The van der Waals surface area contributed by atoms with Crippen LogP contribution in [0, 0.1) is 46.3 Å². The SMILES string of the molecule is CC1O[C@@H](O[C@H]2C(O)[C@H](O[C@@H]3OC(CO)[C@@H](O)C(O)[C@@H]3O)C(CO)O[C@H]2OC2CC[C@@]3(C)C(=CC[C@H]4[C@@H]5CC(=O)[C@H]([C@H](C)C(=O)CC[C@@H](C)CO[C@@H]6OC(CO)[C@@H](O)C(O)[C@@H]6O)[C@@]5(C)CC[C@@H]43)C2)[C@@H](O)C(O)[C@H]1O. The van der Waals surface area contributed by atoms with Crippen LogP contribution in [0.1, 0.15) is 92.4 Å². The van der Waals surface area contributed by atoms with Crippen LogP contribution in [-0.2, 0) is 47.5 Å². The number of ether oxygens (including phenoxy) is 8. The van der Waals surface area contributed by atoms with Gasteiger partial charge in [-0.2, -0.15) is 0 Å². The molecule has 9 unspecified atom stereocenters. The third-order valence-electron chi connectivity index (χ3n) is 18.6. The maximum Gasteiger partial charge on any atom is 0.187 e. The first-order valence-corrected chi connectivity index (χ1v) is 26.6. The molecule has 0 aromatic carbocycles. The molecule has 7 fully saturated rings. The quantitative estimate of drug-likeness (QED) is 0.0648. The number of hydrogen-bond acceptors (Lipinski definition) is 23. The molecular formula is C51H82O23. The number of aliphatic hydroxyl groups is 13. The molecule has 8 aliphatic rings. The minimum atomic E-state index is -1.87. The number of ketones is 2. The Bertz CT molecular complexity index is 1940. The van der Waals surface area contributed by atoms with E-state index in [9.17, 15) is 76.0 Å². The Kier molecular flexibility index (Phi) is 18.6. The maximum atomic E-state index is 14.1. The van der Waals surface area contributed by atoms with Crippen LogP contribution in [0.5, 0.6) is 0 Å². The number of fused-ring (bicyclic) bond motifs is 5. The summed E-state index contributed by atoms with van der Waals surface area (Å²) in [4.78, 5) is 28.0. The third-order valence-corrected chi connectivity index (χ3v) is 18.6. The highest BCUT2D eigenvalue weighted by Gasteiger charge is 2.63. The summed E-state index contributed by atoms with van der Waals surface area (Å²) in [7, 11) is 0. The molecule has 0 spiro atoms. The van der Waals surface area contributed by atoms with Crippen LogP contribution in [0.25, 0.3) is 0 Å². The van der Waals surface area contributed by atoms with Gasteiger partial charge in [0, 0.05) is 24.7 Å². The minimum Gasteiger partial charge on any atom is -0.394 e. The van der Waals surface area contributed by atoms with Gasteiger partial charge in [-0.1, -0.05) is 39.3 Å². The standard InChI is InChI=1S/C51H82O23/c1-20(19-67-46-40(63)38(61)35(58)30(16-52)70-46)6-9-28(55)21(2)33-29(56)15-27-25-8-7-23-14-24(10-12-50(23,4)26(25)11-13-51(27,33)5)69-49-45(74-47-41(64)37(60)34(57)22(3)68-47)43(66)44(32(18-54)72-49)73-48-42(65)39(62)36(59)31(17-53)71-48/h7,20-22,24-27,30-49,52-54,57-66H,6,8-19H2,1-5H3/t20-,21-,22?,24?,25-,26+,27+,30?,31?,32?,33+,34+,35-,36-,37?,38?,39?,40+,41+,42+,43?,44-,45+,46-,47+,48+,49-,50+,51+/m1/s1. The lowest BCUT2D eigenvalue weighted by Gasteiger charge is -2.58. The lowest BCUT2D eigenvalue weighted by molar-refractivity contribution is -0.389. The summed E-state index contributed by atoms with van der Waals surface area (Å²) < 4.78 is 47.4. The molecule has 23 heteroatoms. The molecule has 74 heavy (non-hydrogen) atoms. The van der Waals surface area contributed by atoms with Gasteiger partial charge in [0.1, 0.15) is 103 Å². The normalized spacial score (nSPS) is 50.5. The van der Waals surface area contributed by atoms with Crippen LogP contribution in [0.2, 0.25) is 0 Å². The van der Waals surface area contributed by atoms with Gasteiger partial charge < -0.3 is 104 Å². The second kappa shape index (κ2) is 23.5. The molecule has 4 heterocycles. The van der Waals surface area contributed by atoms with Crippen molar-refractivity contribution in [2.75, 3.05) is 26.4 Å². The molecule has 13 N–H and O–H groups in total. The van der Waals surface area contributed by atoms with Gasteiger partial charge in [0.15, 0.2) is 25.2 Å². The van der Waals surface area contributed by atoms with Crippen molar-refractivity contribution in [3.63, 3.8) is 0 Å². The van der Waals surface area contributed by atoms with E-state index < -0.39 is 166 Å². The molecule has 4 saturated heterocycles. The van der Waals surface area contributed by atoms with Crippen molar-refractivity contribution in [3.05, 3.63) is 11.6 Å². The van der Waals surface area contributed by atoms with E-state index in [1.165, 1.54) is 12.5 Å². The average Bonchev–Trinajstić information content (AvgIpc) is 3.66. The number of carbonyl (C=O) groups excluding carboxylic acids is 2. The Labute approximate surface area is 430 Å². The lowest BCUT2D eigenvalue weighted by Crippen LogP contribution is -2.67. The van der Waals surface area contributed by atoms with Gasteiger partial charge in [0.25, 0.3) is 0 Å². The Hall–Kier alpha value is -1.76. The van der Waals surface area contributed by atoms with E-state index in [-0.39, 0.29) is 53.7 Å². The summed E-state index contributed by atoms with van der Waals surface area (Å²) in [5, 5.41) is 136. The first-order chi connectivity index (χ1) is 35.0. The highest BCUT2D eigenvalue weighted by molar-refractivity contribution is 5.92. The monoisotopic (exact) mass is 1060 g/mol. The summed E-state index contributed by atoms with van der Waals surface area (Å²) in [6.45, 7) is 7.62. The molecule has 0 aromatic rings. The predicted molar refractivity (Wildman–Crippen MR) is 250 cm³/mol. The zero-order valence-corrected chi connectivity index (χ0v) is 42.8. The van der Waals surface area contributed by atoms with Crippen molar-refractivity contribution in [1.82, 2.24) is 0 Å². The zero-order chi connectivity index (χ0) is 53.9. The van der Waals surface area contributed by atoms with Crippen LogP contribution >= 0.6 is 0 Å². The second-order valence-corrected chi connectivity index (χ2v) is 23.2. The lowest BCUT2D eigenvalue weighted by atomic mass is 9.47. The van der Waals surface area contributed by atoms with Crippen molar-refractivity contribution in [2.45, 2.75) is 221 Å². The van der Waals surface area contributed by atoms with Gasteiger partial charge in [-0.15, -0.1) is 0 Å². The minimum absolute atomic E-state index is 0.0131.